The van der Waals surface area contributed by atoms with Crippen LogP contribution in [0.25, 0.3) is 0 Å². The van der Waals surface area contributed by atoms with E-state index >= 15 is 0 Å². The highest BCUT2D eigenvalue weighted by atomic mass is 16.6. The Balaban J connectivity index is 2.03. The van der Waals surface area contributed by atoms with Gasteiger partial charge in [0, 0.05) is 7.11 Å². The molecule has 1 unspecified atom stereocenters. The van der Waals surface area contributed by atoms with E-state index in [0.717, 1.165) is 12.8 Å². The van der Waals surface area contributed by atoms with E-state index in [1.807, 2.05) is 0 Å². The summed E-state index contributed by atoms with van der Waals surface area (Å²) < 4.78 is 20.9. The van der Waals surface area contributed by atoms with Gasteiger partial charge in [0.1, 0.15) is 5.54 Å². The Morgan fingerprint density at radius 2 is 1.62 bits per heavy atom. The third-order valence-corrected chi connectivity index (χ3v) is 3.61. The molecule has 0 saturated heterocycles. The average Bonchev–Trinajstić information content (AvgIpc) is 3.30. The number of methoxy groups -OCH3 is 1. The van der Waals surface area contributed by atoms with Crippen LogP contribution >= 0.6 is 0 Å². The van der Waals surface area contributed by atoms with E-state index in [9.17, 15) is 9.90 Å². The van der Waals surface area contributed by atoms with E-state index in [0.29, 0.717) is 39.6 Å². The first-order chi connectivity index (χ1) is 10.2. The third kappa shape index (κ3) is 6.27. The average molecular weight is 305 g/mol. The summed E-state index contributed by atoms with van der Waals surface area (Å²) in [5.74, 6) is -0.685. The summed E-state index contributed by atoms with van der Waals surface area (Å²) in [6.45, 7) is 3.11. The number of carboxylic acid groups (broad SMARTS) is 1. The highest BCUT2D eigenvalue weighted by Crippen LogP contribution is 2.40. The van der Waals surface area contributed by atoms with Crippen molar-refractivity contribution in [3.63, 3.8) is 0 Å². The van der Waals surface area contributed by atoms with Crippen LogP contribution in [0.3, 0.4) is 0 Å². The van der Waals surface area contributed by atoms with Crippen molar-refractivity contribution in [1.29, 1.82) is 0 Å². The minimum Gasteiger partial charge on any atom is -0.480 e. The van der Waals surface area contributed by atoms with Crippen molar-refractivity contribution in [3.8, 4) is 0 Å². The molecular weight excluding hydrogens is 278 g/mol. The number of ether oxygens (including phenoxy) is 4. The molecule has 1 rings (SSSR count). The Kier molecular flexibility index (Phi) is 8.79. The van der Waals surface area contributed by atoms with Gasteiger partial charge in [-0.05, 0) is 25.8 Å². The fourth-order valence-corrected chi connectivity index (χ4v) is 2.13. The minimum atomic E-state index is -0.955. The number of aliphatic carboxylic acids is 1. The molecular formula is C14H27NO6. The van der Waals surface area contributed by atoms with Gasteiger partial charge in [0.25, 0.3) is 0 Å². The number of rotatable bonds is 14. The van der Waals surface area contributed by atoms with Crippen LogP contribution in [-0.4, -0.2) is 77.0 Å². The molecule has 0 aromatic rings. The lowest BCUT2D eigenvalue weighted by Crippen LogP contribution is -2.56. The second-order valence-electron chi connectivity index (χ2n) is 5.07. The zero-order valence-corrected chi connectivity index (χ0v) is 12.9. The predicted octanol–water partition coefficient (Wildman–Crippen LogP) is 0.135. The summed E-state index contributed by atoms with van der Waals surface area (Å²) >= 11 is 0. The lowest BCUT2D eigenvalue weighted by molar-refractivity contribution is -0.149. The van der Waals surface area contributed by atoms with E-state index in [-0.39, 0.29) is 12.5 Å². The monoisotopic (exact) mass is 305 g/mol. The molecule has 1 aliphatic carbocycles. The zero-order chi connectivity index (χ0) is 15.6. The van der Waals surface area contributed by atoms with Crippen LogP contribution in [0.1, 0.15) is 12.8 Å². The van der Waals surface area contributed by atoms with Gasteiger partial charge in [-0.15, -0.1) is 0 Å². The Bertz CT molecular complexity index is 297. The summed E-state index contributed by atoms with van der Waals surface area (Å²) in [4.78, 5) is 11.4. The van der Waals surface area contributed by atoms with Crippen molar-refractivity contribution < 1.29 is 28.8 Å². The number of likely N-dealkylation sites (N-methyl/N-ethyl adjacent to an activating group) is 1. The maximum Gasteiger partial charge on any atom is 0.326 e. The fraction of sp³-hybridized carbons (Fsp3) is 0.929. The van der Waals surface area contributed by atoms with Gasteiger partial charge in [0.2, 0.25) is 0 Å². The molecule has 1 atom stereocenters. The molecule has 0 aliphatic heterocycles. The van der Waals surface area contributed by atoms with E-state index < -0.39 is 11.5 Å². The maximum atomic E-state index is 11.4. The van der Waals surface area contributed by atoms with Gasteiger partial charge >= 0.3 is 5.97 Å². The largest absolute Gasteiger partial charge is 0.480 e. The first-order valence-electron chi connectivity index (χ1n) is 7.32. The fourth-order valence-electron chi connectivity index (χ4n) is 2.13. The van der Waals surface area contributed by atoms with Gasteiger partial charge in [-0.25, -0.2) is 0 Å². The highest BCUT2D eigenvalue weighted by molar-refractivity contribution is 5.80. The standard InChI is InChI=1S/C14H27NO6/c1-15-14(13(16)17,12-3-4-12)11-21-10-9-20-8-7-19-6-5-18-2/h12,15H,3-11H2,1-2H3,(H,16,17). The first-order valence-corrected chi connectivity index (χ1v) is 7.32. The summed E-state index contributed by atoms with van der Waals surface area (Å²) in [6.07, 6.45) is 1.87. The van der Waals surface area contributed by atoms with Crippen LogP contribution in [0.2, 0.25) is 0 Å². The maximum absolute atomic E-state index is 11.4. The highest BCUT2D eigenvalue weighted by Gasteiger charge is 2.50. The second kappa shape index (κ2) is 10.1. The molecule has 2 N–H and O–H groups in total. The van der Waals surface area contributed by atoms with Crippen molar-refractivity contribution in [2.24, 2.45) is 5.92 Å². The van der Waals surface area contributed by atoms with Crippen molar-refractivity contribution in [2.45, 2.75) is 18.4 Å². The van der Waals surface area contributed by atoms with Crippen LogP contribution in [0, 0.1) is 5.92 Å². The van der Waals surface area contributed by atoms with Crippen molar-refractivity contribution in [2.75, 3.05) is 60.4 Å². The SMILES string of the molecule is CNC(COCCOCCOCCOC)(C(=O)O)C1CC1. The van der Waals surface area contributed by atoms with E-state index in [1.165, 1.54) is 0 Å². The Morgan fingerprint density at radius 3 is 2.05 bits per heavy atom. The normalized spacial score (nSPS) is 17.6. The zero-order valence-electron chi connectivity index (χ0n) is 12.9. The number of nitrogens with one attached hydrogen (secondary N) is 1. The van der Waals surface area contributed by atoms with Crippen molar-refractivity contribution in [3.05, 3.63) is 0 Å². The molecule has 1 saturated carbocycles. The van der Waals surface area contributed by atoms with Crippen molar-refractivity contribution >= 4 is 5.97 Å². The predicted molar refractivity (Wildman–Crippen MR) is 76.5 cm³/mol. The Morgan fingerprint density at radius 1 is 1.10 bits per heavy atom. The topological polar surface area (TPSA) is 86.3 Å². The molecule has 0 spiro atoms. The molecule has 0 amide bonds. The number of hydrogen-bond donors (Lipinski definition) is 2. The quantitative estimate of drug-likeness (QED) is 0.441. The molecule has 1 aliphatic rings. The van der Waals surface area contributed by atoms with E-state index in [4.69, 9.17) is 18.9 Å². The molecule has 0 radical (unpaired) electrons. The van der Waals surface area contributed by atoms with Gasteiger partial charge in [0.05, 0.1) is 46.2 Å². The summed E-state index contributed by atoms with van der Waals surface area (Å²) in [6, 6.07) is 0. The van der Waals surface area contributed by atoms with Gasteiger partial charge in [-0.3, -0.25) is 4.79 Å². The second-order valence-corrected chi connectivity index (χ2v) is 5.07. The lowest BCUT2D eigenvalue weighted by Gasteiger charge is -2.28. The third-order valence-electron chi connectivity index (χ3n) is 3.61. The molecule has 7 nitrogen and oxygen atoms in total. The first kappa shape index (κ1) is 18.3. The van der Waals surface area contributed by atoms with Crippen LogP contribution in [0.5, 0.6) is 0 Å². The van der Waals surface area contributed by atoms with Gasteiger partial charge < -0.3 is 29.4 Å². The Labute approximate surface area is 125 Å². The summed E-state index contributed by atoms with van der Waals surface area (Å²) in [5, 5.41) is 12.3. The molecule has 1 fully saturated rings. The molecule has 21 heavy (non-hydrogen) atoms. The minimum absolute atomic E-state index is 0.162. The molecule has 0 aromatic carbocycles. The number of hydrogen-bond acceptors (Lipinski definition) is 6. The smallest absolute Gasteiger partial charge is 0.326 e. The van der Waals surface area contributed by atoms with Gasteiger partial charge in [-0.1, -0.05) is 0 Å². The number of carbonyl (C=O) groups is 1. The number of carboxylic acids is 1. The van der Waals surface area contributed by atoms with Crippen molar-refractivity contribution in [1.82, 2.24) is 5.32 Å². The van der Waals surface area contributed by atoms with Crippen LogP contribution in [0.15, 0.2) is 0 Å². The lowest BCUT2D eigenvalue weighted by atomic mass is 9.95. The molecule has 124 valence electrons. The Hall–Kier alpha value is -0.730. The van der Waals surface area contributed by atoms with E-state index in [2.05, 4.69) is 5.32 Å². The summed E-state index contributed by atoms with van der Waals surface area (Å²) in [5.41, 5.74) is -0.955. The van der Waals surface area contributed by atoms with E-state index in [1.54, 1.807) is 14.2 Å². The van der Waals surface area contributed by atoms with Gasteiger partial charge in [0.15, 0.2) is 0 Å². The van der Waals surface area contributed by atoms with Gasteiger partial charge in [-0.2, -0.15) is 0 Å². The molecule has 0 aromatic heterocycles. The molecule has 0 heterocycles. The summed E-state index contributed by atoms with van der Waals surface area (Å²) in [7, 11) is 3.30. The van der Waals surface area contributed by atoms with Crippen LogP contribution in [-0.2, 0) is 23.7 Å². The van der Waals surface area contributed by atoms with Crippen LogP contribution in [0.4, 0.5) is 0 Å². The molecule has 7 heteroatoms. The molecule has 0 bridgehead atoms. The van der Waals surface area contributed by atoms with Crippen LogP contribution < -0.4 is 5.32 Å².